The Balaban J connectivity index is 2.32. The molecule has 0 aliphatic heterocycles. The topological polar surface area (TPSA) is 72.5 Å². The van der Waals surface area contributed by atoms with Crippen LogP contribution in [0.5, 0.6) is 5.75 Å². The lowest BCUT2D eigenvalue weighted by Gasteiger charge is -2.23. The Hall–Kier alpha value is -1.40. The summed E-state index contributed by atoms with van der Waals surface area (Å²) in [5.74, 6) is 0.0788. The van der Waals surface area contributed by atoms with E-state index in [9.17, 15) is 13.2 Å². The maximum atomic E-state index is 12.6. The summed E-state index contributed by atoms with van der Waals surface area (Å²) < 4.78 is 33.0. The first-order valence-corrected chi connectivity index (χ1v) is 8.63. The van der Waals surface area contributed by atoms with Crippen molar-refractivity contribution in [2.24, 2.45) is 0 Å². The minimum atomic E-state index is -3.69. The van der Waals surface area contributed by atoms with Crippen LogP contribution in [0.1, 0.15) is 49.4 Å². The van der Waals surface area contributed by atoms with Crippen LogP contribution in [-0.2, 0) is 10.0 Å². The van der Waals surface area contributed by atoms with Gasteiger partial charge in [0.15, 0.2) is 5.78 Å². The molecule has 1 aromatic carbocycles. The molecule has 0 radical (unpaired) electrons. The Morgan fingerprint density at radius 2 is 1.90 bits per heavy atom. The lowest BCUT2D eigenvalue weighted by molar-refractivity contribution is 0.101. The van der Waals surface area contributed by atoms with E-state index in [1.807, 2.05) is 0 Å². The molecular weight excluding hydrogens is 290 g/mol. The molecule has 1 saturated carbocycles. The molecule has 5 nitrogen and oxygen atoms in total. The molecule has 0 bridgehead atoms. The Bertz CT molecular complexity index is 619. The normalized spacial score (nSPS) is 16.7. The minimum absolute atomic E-state index is 0.0308. The predicted octanol–water partition coefficient (Wildman–Crippen LogP) is 2.51. The third-order valence-corrected chi connectivity index (χ3v) is 5.33. The van der Waals surface area contributed by atoms with Crippen molar-refractivity contribution < 1.29 is 17.9 Å². The molecule has 0 spiro atoms. The summed E-state index contributed by atoms with van der Waals surface area (Å²) in [6.07, 6.45) is 4.94. The van der Waals surface area contributed by atoms with Gasteiger partial charge in [-0.15, -0.1) is 0 Å². The van der Waals surface area contributed by atoms with Crippen molar-refractivity contribution >= 4 is 15.8 Å². The standard InChI is InChI=1S/C15H21NO4S/c1-11(17)12-8-9-14(20-2)15(10-12)21(18,19)16-13-6-4-3-5-7-13/h8-10,13,16H,3-7H2,1-2H3. The van der Waals surface area contributed by atoms with Crippen LogP contribution < -0.4 is 9.46 Å². The highest BCUT2D eigenvalue weighted by Crippen LogP contribution is 2.27. The number of nitrogens with one attached hydrogen (secondary N) is 1. The van der Waals surface area contributed by atoms with Crippen molar-refractivity contribution in [3.8, 4) is 5.75 Å². The van der Waals surface area contributed by atoms with Crippen LogP contribution in [0.3, 0.4) is 0 Å². The Labute approximate surface area is 125 Å². The van der Waals surface area contributed by atoms with Gasteiger partial charge in [0, 0.05) is 11.6 Å². The number of sulfonamides is 1. The maximum absolute atomic E-state index is 12.6. The molecule has 0 aromatic heterocycles. The first-order valence-electron chi connectivity index (χ1n) is 7.15. The smallest absolute Gasteiger partial charge is 0.244 e. The molecule has 2 rings (SSSR count). The molecule has 6 heteroatoms. The third-order valence-electron chi connectivity index (χ3n) is 3.79. The van der Waals surface area contributed by atoms with Crippen LogP contribution in [0, 0.1) is 0 Å². The summed E-state index contributed by atoms with van der Waals surface area (Å²) in [5.41, 5.74) is 0.361. The fourth-order valence-electron chi connectivity index (χ4n) is 2.61. The van der Waals surface area contributed by atoms with Crippen LogP contribution in [-0.4, -0.2) is 27.4 Å². The zero-order valence-electron chi connectivity index (χ0n) is 12.4. The van der Waals surface area contributed by atoms with Crippen molar-refractivity contribution in [2.75, 3.05) is 7.11 Å². The van der Waals surface area contributed by atoms with Crippen LogP contribution in [0.25, 0.3) is 0 Å². The number of ether oxygens (including phenoxy) is 1. The van der Waals surface area contributed by atoms with Gasteiger partial charge in [-0.2, -0.15) is 0 Å². The number of carbonyl (C=O) groups is 1. The number of Topliss-reactive ketones (excluding diaryl/α,β-unsaturated/α-hetero) is 1. The number of hydrogen-bond donors (Lipinski definition) is 1. The molecule has 21 heavy (non-hydrogen) atoms. The van der Waals surface area contributed by atoms with Crippen molar-refractivity contribution in [2.45, 2.75) is 50.0 Å². The summed E-state index contributed by atoms with van der Waals surface area (Å²) >= 11 is 0. The van der Waals surface area contributed by atoms with Crippen LogP contribution >= 0.6 is 0 Å². The Morgan fingerprint density at radius 3 is 2.48 bits per heavy atom. The van der Waals surface area contributed by atoms with Crippen molar-refractivity contribution in [3.63, 3.8) is 0 Å². The zero-order valence-corrected chi connectivity index (χ0v) is 13.2. The van der Waals surface area contributed by atoms with Gasteiger partial charge in [0.25, 0.3) is 0 Å². The SMILES string of the molecule is COc1ccc(C(C)=O)cc1S(=O)(=O)NC1CCCCC1. The average Bonchev–Trinajstić information content (AvgIpc) is 2.47. The van der Waals surface area contributed by atoms with Crippen LogP contribution in [0.4, 0.5) is 0 Å². The number of ketones is 1. The molecule has 116 valence electrons. The molecule has 1 N–H and O–H groups in total. The van der Waals surface area contributed by atoms with Gasteiger partial charge in [-0.05, 0) is 38.0 Å². The fourth-order valence-corrected chi connectivity index (χ4v) is 4.11. The number of rotatable bonds is 5. The van der Waals surface area contributed by atoms with Gasteiger partial charge in [-0.1, -0.05) is 19.3 Å². The average molecular weight is 311 g/mol. The number of methoxy groups -OCH3 is 1. The molecule has 0 heterocycles. The van der Waals surface area contributed by atoms with E-state index in [0.29, 0.717) is 5.56 Å². The van der Waals surface area contributed by atoms with E-state index in [2.05, 4.69) is 4.72 Å². The second kappa shape index (κ2) is 6.58. The van der Waals surface area contributed by atoms with E-state index in [0.717, 1.165) is 32.1 Å². The second-order valence-electron chi connectivity index (χ2n) is 5.38. The maximum Gasteiger partial charge on any atom is 0.244 e. The molecule has 0 saturated heterocycles. The number of hydrogen-bond acceptors (Lipinski definition) is 4. The van der Waals surface area contributed by atoms with Crippen LogP contribution in [0.2, 0.25) is 0 Å². The molecule has 0 atom stereocenters. The molecule has 1 aliphatic rings. The van der Waals surface area contributed by atoms with Crippen molar-refractivity contribution in [1.82, 2.24) is 4.72 Å². The number of benzene rings is 1. The minimum Gasteiger partial charge on any atom is -0.495 e. The Morgan fingerprint density at radius 1 is 1.24 bits per heavy atom. The van der Waals surface area contributed by atoms with E-state index < -0.39 is 10.0 Å². The highest BCUT2D eigenvalue weighted by Gasteiger charge is 2.25. The summed E-state index contributed by atoms with van der Waals surface area (Å²) in [4.78, 5) is 11.5. The monoisotopic (exact) mass is 311 g/mol. The second-order valence-corrected chi connectivity index (χ2v) is 7.06. The molecular formula is C15H21NO4S. The summed E-state index contributed by atoms with van der Waals surface area (Å²) in [6, 6.07) is 4.44. The lowest BCUT2D eigenvalue weighted by Crippen LogP contribution is -2.36. The predicted molar refractivity (Wildman–Crippen MR) is 80.2 cm³/mol. The van der Waals surface area contributed by atoms with E-state index in [1.54, 1.807) is 6.07 Å². The Kier molecular flexibility index (Phi) is 5.00. The van der Waals surface area contributed by atoms with E-state index in [4.69, 9.17) is 4.74 Å². The van der Waals surface area contributed by atoms with Crippen molar-refractivity contribution in [1.29, 1.82) is 0 Å². The zero-order chi connectivity index (χ0) is 15.5. The van der Waals surface area contributed by atoms with E-state index in [-0.39, 0.29) is 22.5 Å². The fraction of sp³-hybridized carbons (Fsp3) is 0.533. The number of carbonyl (C=O) groups excluding carboxylic acids is 1. The van der Waals surface area contributed by atoms with Gasteiger partial charge in [0.05, 0.1) is 7.11 Å². The van der Waals surface area contributed by atoms with E-state index >= 15 is 0 Å². The van der Waals surface area contributed by atoms with Gasteiger partial charge in [-0.3, -0.25) is 4.79 Å². The van der Waals surface area contributed by atoms with E-state index in [1.165, 1.54) is 26.2 Å². The largest absolute Gasteiger partial charge is 0.495 e. The highest BCUT2D eigenvalue weighted by atomic mass is 32.2. The van der Waals surface area contributed by atoms with Gasteiger partial charge < -0.3 is 4.74 Å². The van der Waals surface area contributed by atoms with Gasteiger partial charge in [0.1, 0.15) is 10.6 Å². The van der Waals surface area contributed by atoms with Gasteiger partial charge >= 0.3 is 0 Å². The molecule has 0 unspecified atom stereocenters. The first-order chi connectivity index (χ1) is 9.94. The summed E-state index contributed by atoms with van der Waals surface area (Å²) in [5, 5.41) is 0. The lowest BCUT2D eigenvalue weighted by atomic mass is 9.96. The van der Waals surface area contributed by atoms with Gasteiger partial charge in [-0.25, -0.2) is 13.1 Å². The summed E-state index contributed by atoms with van der Waals surface area (Å²) in [7, 11) is -2.27. The summed E-state index contributed by atoms with van der Waals surface area (Å²) in [6.45, 7) is 1.41. The van der Waals surface area contributed by atoms with Crippen molar-refractivity contribution in [3.05, 3.63) is 23.8 Å². The molecule has 1 aliphatic carbocycles. The third kappa shape index (κ3) is 3.83. The highest BCUT2D eigenvalue weighted by molar-refractivity contribution is 7.89. The molecule has 0 amide bonds. The van der Waals surface area contributed by atoms with Gasteiger partial charge in [0.2, 0.25) is 10.0 Å². The van der Waals surface area contributed by atoms with Crippen LogP contribution in [0.15, 0.2) is 23.1 Å². The first kappa shape index (κ1) is 16.0. The molecule has 1 aromatic rings. The molecule has 1 fully saturated rings. The quantitative estimate of drug-likeness (QED) is 0.848.